The maximum Gasteiger partial charge on any atom is 0.319 e. The van der Waals surface area contributed by atoms with Gasteiger partial charge < -0.3 is 37.5 Å². The minimum absolute atomic E-state index is 0. The normalized spacial score (nSPS) is 15.4. The van der Waals surface area contributed by atoms with Crippen LogP contribution < -0.4 is 28.1 Å². The second-order valence-corrected chi connectivity index (χ2v) is 15.8. The molecule has 0 unspecified atom stereocenters. The standard InChI is InChI=1S/C17H27B2N5Si.C16H25B2N5Si.2Pt/c1-4-5-6-10-15-22-18(2)23(16-11-8-7-9-12-16)25-24(19(22)3)17-13-14-20-21-17;1-4-5-9-14-21-17(2)22(15-10-7-6-8-11-15)24-23(18(21)3)16-12-13-19-20-16;;/h7-9,11-14,25H,4-6,10,15H2,1-3H3;6-8,10-13,24H,4-5,9,14H2,1-3H3;;/q2*-1;;. The van der Waals surface area contributed by atoms with Crippen LogP contribution in [0, 0.1) is 0 Å². The van der Waals surface area contributed by atoms with E-state index in [-0.39, 0.29) is 61.8 Å². The average molecular weight is 1080 g/mol. The summed E-state index contributed by atoms with van der Waals surface area (Å²) >= 11 is 0. The Morgan fingerprint density at radius 3 is 1.25 bits per heavy atom. The van der Waals surface area contributed by atoms with Crippen molar-refractivity contribution in [2.45, 2.75) is 86.1 Å². The summed E-state index contributed by atoms with van der Waals surface area (Å²) in [7, 11) is -0.135. The van der Waals surface area contributed by atoms with Gasteiger partial charge >= 0.3 is 14.0 Å². The van der Waals surface area contributed by atoms with Crippen LogP contribution in [-0.2, 0) is 42.1 Å². The number of unbranched alkanes of at least 4 members (excludes halogenated alkanes) is 5. The number of aromatic nitrogens is 4. The predicted octanol–water partition coefficient (Wildman–Crippen LogP) is 5.11. The van der Waals surface area contributed by atoms with Crippen LogP contribution in [0.3, 0.4) is 0 Å². The summed E-state index contributed by atoms with van der Waals surface area (Å²) in [6, 6.07) is 25.5. The zero-order chi connectivity index (χ0) is 34.6. The molecule has 2 aliphatic heterocycles. The molecular weight excluding hydrogens is 1030 g/mol. The van der Waals surface area contributed by atoms with Crippen LogP contribution in [0.4, 0.5) is 23.0 Å². The first kappa shape index (κ1) is 43.5. The van der Waals surface area contributed by atoms with Gasteiger partial charge in [-0.3, -0.25) is 10.2 Å². The van der Waals surface area contributed by atoms with E-state index >= 15 is 0 Å². The van der Waals surface area contributed by atoms with E-state index in [1.54, 1.807) is 12.4 Å². The van der Waals surface area contributed by atoms with Gasteiger partial charge in [0.15, 0.2) is 0 Å². The van der Waals surface area contributed by atoms with Crippen molar-refractivity contribution in [3.63, 3.8) is 0 Å². The maximum atomic E-state index is 4.33. The molecule has 2 saturated heterocycles. The molecule has 51 heavy (non-hydrogen) atoms. The Balaban J connectivity index is 0.000000265. The summed E-state index contributed by atoms with van der Waals surface area (Å²) in [5.74, 6) is 1.99. The van der Waals surface area contributed by atoms with Crippen LogP contribution in [-0.4, -0.2) is 80.3 Å². The van der Waals surface area contributed by atoms with Crippen molar-refractivity contribution >= 4 is 70.6 Å². The molecule has 10 nitrogen and oxygen atoms in total. The van der Waals surface area contributed by atoms with E-state index in [1.165, 1.54) is 56.3 Å². The van der Waals surface area contributed by atoms with E-state index in [4.69, 9.17) is 0 Å². The van der Waals surface area contributed by atoms with E-state index in [9.17, 15) is 0 Å². The second-order valence-electron chi connectivity index (χ2n) is 13.1. The van der Waals surface area contributed by atoms with Crippen molar-refractivity contribution in [2.75, 3.05) is 31.0 Å². The molecule has 2 fully saturated rings. The van der Waals surface area contributed by atoms with Crippen molar-refractivity contribution in [3.8, 4) is 0 Å². The van der Waals surface area contributed by atoms with Crippen LogP contribution in [0.1, 0.15) is 58.8 Å². The Bertz CT molecular complexity index is 1470. The Labute approximate surface area is 342 Å². The van der Waals surface area contributed by atoms with Crippen molar-refractivity contribution in [1.29, 1.82) is 0 Å². The molecular formula is C33H52B4N10Pt2Si2-2. The molecule has 0 N–H and O–H groups in total. The maximum absolute atomic E-state index is 4.33. The van der Waals surface area contributed by atoms with E-state index in [2.05, 4.69) is 150 Å². The molecule has 0 spiro atoms. The van der Waals surface area contributed by atoms with Gasteiger partial charge in [0.25, 0.3) is 0 Å². The molecule has 0 amide bonds. The molecule has 0 bridgehead atoms. The van der Waals surface area contributed by atoms with E-state index in [0.717, 1.165) is 24.7 Å². The fourth-order valence-corrected chi connectivity index (χ4v) is 10.0. The molecule has 0 aliphatic carbocycles. The van der Waals surface area contributed by atoms with Crippen molar-refractivity contribution in [2.24, 2.45) is 0 Å². The van der Waals surface area contributed by atoms with Gasteiger partial charge in [0.05, 0.1) is 0 Å². The fraction of sp³-hybridized carbons (Fsp3) is 0.455. The molecule has 4 aromatic rings. The molecule has 6 rings (SSSR count). The monoisotopic (exact) mass is 1080 g/mol. The molecule has 2 aliphatic rings. The molecule has 0 atom stereocenters. The summed E-state index contributed by atoms with van der Waals surface area (Å²) in [6.45, 7) is 17.5. The van der Waals surface area contributed by atoms with Crippen LogP contribution in [0.2, 0.25) is 27.3 Å². The van der Waals surface area contributed by atoms with E-state index in [0.29, 0.717) is 27.9 Å². The van der Waals surface area contributed by atoms with Gasteiger partial charge in [-0.25, -0.2) is 0 Å². The van der Waals surface area contributed by atoms with Gasteiger partial charge in [0.2, 0.25) is 14.0 Å². The third kappa shape index (κ3) is 11.3. The third-order valence-electron chi connectivity index (χ3n) is 9.86. The predicted molar refractivity (Wildman–Crippen MR) is 216 cm³/mol. The third-order valence-corrected chi connectivity index (χ3v) is 13.7. The first-order valence-corrected chi connectivity index (χ1v) is 20.3. The summed E-state index contributed by atoms with van der Waals surface area (Å²) in [5, 5.41) is 16.7. The molecule has 0 saturated carbocycles. The van der Waals surface area contributed by atoms with Crippen molar-refractivity contribution in [3.05, 3.63) is 85.2 Å². The van der Waals surface area contributed by atoms with Gasteiger partial charge in [-0.05, 0) is 74.0 Å². The number of rotatable bonds is 13. The van der Waals surface area contributed by atoms with Crippen LogP contribution in [0.15, 0.2) is 85.2 Å². The molecule has 276 valence electrons. The zero-order valence-electron chi connectivity index (χ0n) is 31.0. The van der Waals surface area contributed by atoms with Crippen molar-refractivity contribution in [1.82, 2.24) is 29.8 Å². The minimum Gasteiger partial charge on any atom is -0.471 e. The largest absolute Gasteiger partial charge is 0.471 e. The zero-order valence-corrected chi connectivity index (χ0v) is 37.9. The quantitative estimate of drug-likeness (QED) is 0.134. The number of benzene rings is 2. The number of para-hydroxylation sites is 2. The van der Waals surface area contributed by atoms with Crippen molar-refractivity contribution < 1.29 is 42.1 Å². The summed E-state index contributed by atoms with van der Waals surface area (Å²) in [4.78, 5) is 0. The Morgan fingerprint density at radius 2 is 0.882 bits per heavy atom. The van der Waals surface area contributed by atoms with Gasteiger partial charge in [-0.1, -0.05) is 110 Å². The smallest absolute Gasteiger partial charge is 0.319 e. The van der Waals surface area contributed by atoms with Gasteiger partial charge in [0, 0.05) is 65.9 Å². The van der Waals surface area contributed by atoms with Gasteiger partial charge in [-0.15, -0.1) is 0 Å². The topological polar surface area (TPSA) is 73.4 Å². The van der Waals surface area contributed by atoms with Crippen LogP contribution in [0.25, 0.3) is 0 Å². The number of anilines is 4. The van der Waals surface area contributed by atoms with Crippen LogP contribution in [0.5, 0.6) is 0 Å². The van der Waals surface area contributed by atoms with Gasteiger partial charge in [-0.2, -0.15) is 0 Å². The van der Waals surface area contributed by atoms with E-state index < -0.39 is 0 Å². The van der Waals surface area contributed by atoms with Crippen LogP contribution >= 0.6 is 0 Å². The fourth-order valence-electron chi connectivity index (χ4n) is 6.92. The molecule has 18 heteroatoms. The molecule has 2 aromatic heterocycles. The SMILES string of the molecule is CCCCCCN1B(C)N(c2ccccc2)[SiH]N(c2ccn[n-]2)B1C.CCCCCN1B(C)N(c2ccccc2)[SiH]N(c2ccn[n-]2)B1C.[Pt].[Pt]. The number of hydrogen-bond acceptors (Lipinski definition) is 8. The Morgan fingerprint density at radius 1 is 0.510 bits per heavy atom. The summed E-state index contributed by atoms with van der Waals surface area (Å²) in [6.07, 6.45) is 12.5. The molecule has 2 radical (unpaired) electrons. The Kier molecular flexibility index (Phi) is 19.0. The Hall–Kier alpha value is -1.95. The molecule has 4 heterocycles. The summed E-state index contributed by atoms with van der Waals surface area (Å²) in [5.41, 5.74) is 2.58. The van der Waals surface area contributed by atoms with Gasteiger partial charge in [0.1, 0.15) is 19.7 Å². The summed E-state index contributed by atoms with van der Waals surface area (Å²) < 4.78 is 15.1. The second kappa shape index (κ2) is 22.3. The minimum atomic E-state index is -0.0688. The molecule has 2 aromatic carbocycles. The number of hydrogen-bond donors (Lipinski definition) is 0. The number of nitrogens with zero attached hydrogens (tertiary/aromatic N) is 10. The van der Waals surface area contributed by atoms with E-state index in [1.807, 2.05) is 12.1 Å². The first-order valence-electron chi connectivity index (χ1n) is 18.3. The average Bonchev–Trinajstić information content (AvgIpc) is 3.87. The first-order chi connectivity index (χ1) is 23.9.